The van der Waals surface area contributed by atoms with Crippen molar-refractivity contribution in [3.8, 4) is 5.75 Å². The summed E-state index contributed by atoms with van der Waals surface area (Å²) in [6.45, 7) is 6.80. The van der Waals surface area contributed by atoms with E-state index >= 15 is 0 Å². The van der Waals surface area contributed by atoms with Crippen LogP contribution in [0.4, 0.5) is 0 Å². The van der Waals surface area contributed by atoms with E-state index in [1.165, 1.54) is 31.2 Å². The SMILES string of the molecule is CCCCCCNC(CC)c1ccc(OCCOC)cc1. The average Bonchev–Trinajstić information content (AvgIpc) is 2.52. The highest BCUT2D eigenvalue weighted by molar-refractivity contribution is 5.29. The highest BCUT2D eigenvalue weighted by atomic mass is 16.5. The van der Waals surface area contributed by atoms with Gasteiger partial charge in [0.15, 0.2) is 0 Å². The Bertz CT molecular complexity index is 351. The van der Waals surface area contributed by atoms with Crippen LogP contribution in [0.25, 0.3) is 0 Å². The predicted molar refractivity (Wildman–Crippen MR) is 89.0 cm³/mol. The lowest BCUT2D eigenvalue weighted by Gasteiger charge is -2.18. The van der Waals surface area contributed by atoms with Gasteiger partial charge in [-0.25, -0.2) is 0 Å². The lowest BCUT2D eigenvalue weighted by atomic mass is 10.0. The molecule has 0 saturated heterocycles. The van der Waals surface area contributed by atoms with Gasteiger partial charge in [-0.15, -0.1) is 0 Å². The Hall–Kier alpha value is -1.06. The van der Waals surface area contributed by atoms with Crippen molar-refractivity contribution in [3.05, 3.63) is 29.8 Å². The van der Waals surface area contributed by atoms with Gasteiger partial charge in [0.1, 0.15) is 12.4 Å². The first kappa shape index (κ1) is 18.0. The molecule has 0 aromatic heterocycles. The molecule has 1 rings (SSSR count). The minimum Gasteiger partial charge on any atom is -0.491 e. The number of benzene rings is 1. The number of methoxy groups -OCH3 is 1. The van der Waals surface area contributed by atoms with Gasteiger partial charge in [-0.2, -0.15) is 0 Å². The second-order valence-electron chi connectivity index (χ2n) is 5.39. The molecule has 0 radical (unpaired) electrons. The molecule has 21 heavy (non-hydrogen) atoms. The van der Waals surface area contributed by atoms with Crippen LogP contribution in [0.3, 0.4) is 0 Å². The Labute approximate surface area is 130 Å². The molecule has 3 heteroatoms. The summed E-state index contributed by atoms with van der Waals surface area (Å²) in [4.78, 5) is 0. The molecule has 1 atom stereocenters. The van der Waals surface area contributed by atoms with E-state index in [0.717, 1.165) is 18.7 Å². The van der Waals surface area contributed by atoms with Crippen molar-refractivity contribution in [1.29, 1.82) is 0 Å². The standard InChI is InChI=1S/C18H31NO2/c1-4-6-7-8-13-19-18(5-2)16-9-11-17(12-10-16)21-15-14-20-3/h9-12,18-19H,4-8,13-15H2,1-3H3. The number of rotatable bonds is 12. The zero-order chi connectivity index (χ0) is 15.3. The van der Waals surface area contributed by atoms with Crippen molar-refractivity contribution in [2.24, 2.45) is 0 Å². The quantitative estimate of drug-likeness (QED) is 0.582. The molecule has 0 amide bonds. The summed E-state index contributed by atoms with van der Waals surface area (Å²) in [5, 5.41) is 3.66. The van der Waals surface area contributed by atoms with Crippen molar-refractivity contribution in [2.75, 3.05) is 26.9 Å². The van der Waals surface area contributed by atoms with Crippen molar-refractivity contribution in [2.45, 2.75) is 52.0 Å². The van der Waals surface area contributed by atoms with E-state index in [1.54, 1.807) is 7.11 Å². The lowest BCUT2D eigenvalue weighted by Crippen LogP contribution is -2.21. The zero-order valence-electron chi connectivity index (χ0n) is 13.9. The number of hydrogen-bond donors (Lipinski definition) is 1. The maximum absolute atomic E-state index is 5.59. The first-order valence-corrected chi connectivity index (χ1v) is 8.26. The van der Waals surface area contributed by atoms with Crippen molar-refractivity contribution in [1.82, 2.24) is 5.32 Å². The summed E-state index contributed by atoms with van der Waals surface area (Å²) in [5.41, 5.74) is 1.34. The molecule has 0 aliphatic rings. The molecular weight excluding hydrogens is 262 g/mol. The number of ether oxygens (including phenoxy) is 2. The van der Waals surface area contributed by atoms with Gasteiger partial charge in [0, 0.05) is 13.2 Å². The fraction of sp³-hybridized carbons (Fsp3) is 0.667. The van der Waals surface area contributed by atoms with Crippen molar-refractivity contribution < 1.29 is 9.47 Å². The molecule has 0 heterocycles. The average molecular weight is 293 g/mol. The van der Waals surface area contributed by atoms with Gasteiger partial charge in [0.2, 0.25) is 0 Å². The Balaban J connectivity index is 2.38. The third-order valence-electron chi connectivity index (χ3n) is 3.67. The zero-order valence-corrected chi connectivity index (χ0v) is 13.9. The van der Waals surface area contributed by atoms with Gasteiger partial charge in [-0.05, 0) is 37.1 Å². The maximum Gasteiger partial charge on any atom is 0.119 e. The summed E-state index contributed by atoms with van der Waals surface area (Å²) in [5.74, 6) is 0.911. The first-order valence-electron chi connectivity index (χ1n) is 8.26. The first-order chi connectivity index (χ1) is 10.3. The van der Waals surface area contributed by atoms with Crippen LogP contribution in [-0.4, -0.2) is 26.9 Å². The maximum atomic E-state index is 5.59. The number of nitrogens with one attached hydrogen (secondary N) is 1. The van der Waals surface area contributed by atoms with Crippen LogP contribution in [0.2, 0.25) is 0 Å². The Kier molecular flexibility index (Phi) is 9.92. The second kappa shape index (κ2) is 11.6. The molecule has 0 fully saturated rings. The van der Waals surface area contributed by atoms with E-state index in [1.807, 2.05) is 12.1 Å². The molecule has 1 N–H and O–H groups in total. The Morgan fingerprint density at radius 1 is 1.00 bits per heavy atom. The fourth-order valence-corrected chi connectivity index (χ4v) is 2.37. The van der Waals surface area contributed by atoms with Gasteiger partial charge in [-0.1, -0.05) is 45.2 Å². The number of hydrogen-bond acceptors (Lipinski definition) is 3. The van der Waals surface area contributed by atoms with Crippen LogP contribution in [0.5, 0.6) is 5.75 Å². The largest absolute Gasteiger partial charge is 0.491 e. The third kappa shape index (κ3) is 7.49. The topological polar surface area (TPSA) is 30.5 Å². The van der Waals surface area contributed by atoms with Crippen LogP contribution in [-0.2, 0) is 4.74 Å². The molecule has 3 nitrogen and oxygen atoms in total. The Morgan fingerprint density at radius 3 is 2.38 bits per heavy atom. The van der Waals surface area contributed by atoms with E-state index < -0.39 is 0 Å². The number of unbranched alkanes of at least 4 members (excludes halogenated alkanes) is 3. The van der Waals surface area contributed by atoms with Gasteiger partial charge in [0.05, 0.1) is 6.61 Å². The molecule has 0 aliphatic carbocycles. The van der Waals surface area contributed by atoms with Crippen LogP contribution in [0.1, 0.15) is 57.6 Å². The summed E-state index contributed by atoms with van der Waals surface area (Å²) in [6, 6.07) is 8.86. The molecule has 0 saturated carbocycles. The lowest BCUT2D eigenvalue weighted by molar-refractivity contribution is 0.146. The molecule has 1 aromatic carbocycles. The molecule has 1 aromatic rings. The summed E-state index contributed by atoms with van der Waals surface area (Å²) < 4.78 is 10.6. The summed E-state index contributed by atoms with van der Waals surface area (Å²) in [6.07, 6.45) is 6.33. The fourth-order valence-electron chi connectivity index (χ4n) is 2.37. The highest BCUT2D eigenvalue weighted by Gasteiger charge is 2.08. The normalized spacial score (nSPS) is 12.3. The molecular formula is C18H31NO2. The van der Waals surface area contributed by atoms with Gasteiger partial charge in [0.25, 0.3) is 0 Å². The van der Waals surface area contributed by atoms with Gasteiger partial charge >= 0.3 is 0 Å². The van der Waals surface area contributed by atoms with Gasteiger partial charge in [-0.3, -0.25) is 0 Å². The van der Waals surface area contributed by atoms with E-state index in [0.29, 0.717) is 19.3 Å². The van der Waals surface area contributed by atoms with E-state index in [-0.39, 0.29) is 0 Å². The predicted octanol–water partition coefficient (Wildman–Crippen LogP) is 4.33. The van der Waals surface area contributed by atoms with Crippen LogP contribution in [0, 0.1) is 0 Å². The highest BCUT2D eigenvalue weighted by Crippen LogP contribution is 2.20. The molecule has 1 unspecified atom stereocenters. The minimum atomic E-state index is 0.444. The summed E-state index contributed by atoms with van der Waals surface area (Å²) >= 11 is 0. The van der Waals surface area contributed by atoms with Crippen molar-refractivity contribution >= 4 is 0 Å². The smallest absolute Gasteiger partial charge is 0.119 e. The second-order valence-corrected chi connectivity index (χ2v) is 5.39. The third-order valence-corrected chi connectivity index (χ3v) is 3.67. The van der Waals surface area contributed by atoms with E-state index in [2.05, 4.69) is 31.3 Å². The van der Waals surface area contributed by atoms with Crippen LogP contribution >= 0.6 is 0 Å². The molecule has 0 spiro atoms. The van der Waals surface area contributed by atoms with E-state index in [4.69, 9.17) is 9.47 Å². The molecule has 0 aliphatic heterocycles. The monoisotopic (exact) mass is 293 g/mol. The summed E-state index contributed by atoms with van der Waals surface area (Å²) in [7, 11) is 1.69. The Morgan fingerprint density at radius 2 is 1.76 bits per heavy atom. The minimum absolute atomic E-state index is 0.444. The van der Waals surface area contributed by atoms with Gasteiger partial charge < -0.3 is 14.8 Å². The molecule has 120 valence electrons. The van der Waals surface area contributed by atoms with E-state index in [9.17, 15) is 0 Å². The van der Waals surface area contributed by atoms with Crippen molar-refractivity contribution in [3.63, 3.8) is 0 Å². The van der Waals surface area contributed by atoms with Crippen LogP contribution in [0.15, 0.2) is 24.3 Å². The molecule has 0 bridgehead atoms. The van der Waals surface area contributed by atoms with Crippen LogP contribution < -0.4 is 10.1 Å².